The minimum Gasteiger partial charge on any atom is -0.493 e. The van der Waals surface area contributed by atoms with E-state index in [0.717, 1.165) is 15.9 Å². The van der Waals surface area contributed by atoms with E-state index in [2.05, 4.69) is 61.0 Å². The summed E-state index contributed by atoms with van der Waals surface area (Å²) in [6.07, 6.45) is 3.15. The van der Waals surface area contributed by atoms with Crippen molar-refractivity contribution in [2.75, 3.05) is 20.8 Å². The molecule has 2 aliphatic heterocycles. The van der Waals surface area contributed by atoms with Crippen molar-refractivity contribution in [2.45, 2.75) is 134 Å². The van der Waals surface area contributed by atoms with E-state index in [0.29, 0.717) is 63.0 Å². The summed E-state index contributed by atoms with van der Waals surface area (Å²) in [7, 11) is 0.142. The molecule has 2 fully saturated rings. The Hall–Kier alpha value is -5.01. The molecule has 0 bridgehead atoms. The zero-order valence-corrected chi connectivity index (χ0v) is 37.6. The predicted octanol–water partition coefficient (Wildman–Crippen LogP) is 4.99. The molecule has 12 nitrogen and oxygen atoms in total. The average molecular weight is 841 g/mol. The van der Waals surface area contributed by atoms with E-state index >= 15 is 0 Å². The molecular formula is C47H64N4O8Si. The fraction of sp³-hybridized carbons (Fsp3) is 0.511. The topological polar surface area (TPSA) is 152 Å². The molecule has 0 radical (unpaired) electrons. The molecule has 324 valence electrons. The van der Waals surface area contributed by atoms with Gasteiger partial charge in [-0.2, -0.15) is 0 Å². The van der Waals surface area contributed by atoms with Crippen molar-refractivity contribution in [3.63, 3.8) is 0 Å². The van der Waals surface area contributed by atoms with E-state index in [1.807, 2.05) is 43.3 Å². The second kappa shape index (κ2) is 20.0. The third-order valence-electron chi connectivity index (χ3n) is 12.2. The van der Waals surface area contributed by atoms with Crippen molar-refractivity contribution in [3.8, 4) is 11.5 Å². The predicted molar refractivity (Wildman–Crippen MR) is 235 cm³/mol. The molecule has 3 aromatic carbocycles. The van der Waals surface area contributed by atoms with Crippen LogP contribution in [0.15, 0.2) is 78.9 Å². The number of unbranched alkanes of at least 4 members (excludes halogenated alkanes) is 2. The molecule has 2 heterocycles. The maximum Gasteiger partial charge on any atom is 0.262 e. The van der Waals surface area contributed by atoms with Crippen LogP contribution in [0.1, 0.15) is 98.5 Å². The number of hydrogen-bond donors (Lipinski definition) is 3. The second-order valence-electron chi connectivity index (χ2n) is 17.3. The van der Waals surface area contributed by atoms with E-state index < -0.39 is 55.8 Å². The Morgan fingerprint density at radius 2 is 1.48 bits per heavy atom. The van der Waals surface area contributed by atoms with Crippen molar-refractivity contribution >= 4 is 48.1 Å². The van der Waals surface area contributed by atoms with Crippen molar-refractivity contribution in [2.24, 2.45) is 0 Å². The Morgan fingerprint density at radius 1 is 0.850 bits per heavy atom. The van der Waals surface area contributed by atoms with Gasteiger partial charge in [0.15, 0.2) is 17.3 Å². The molecule has 2 saturated heterocycles. The summed E-state index contributed by atoms with van der Waals surface area (Å²) in [6, 6.07) is 23.1. The summed E-state index contributed by atoms with van der Waals surface area (Å²) in [4.78, 5) is 71.4. The van der Waals surface area contributed by atoms with Gasteiger partial charge in [0.1, 0.15) is 29.8 Å². The number of rotatable bonds is 16. The van der Waals surface area contributed by atoms with Gasteiger partial charge >= 0.3 is 0 Å². The van der Waals surface area contributed by atoms with Crippen molar-refractivity contribution in [1.29, 1.82) is 0 Å². The first kappa shape index (κ1) is 46.1. The van der Waals surface area contributed by atoms with Gasteiger partial charge < -0.3 is 34.8 Å². The fourth-order valence-corrected chi connectivity index (χ4v) is 13.2. The van der Waals surface area contributed by atoms with Crippen LogP contribution in [0.3, 0.4) is 0 Å². The van der Waals surface area contributed by atoms with E-state index in [1.165, 1.54) is 19.1 Å². The number of carbonyl (C=O) groups is 5. The molecule has 13 heteroatoms. The molecule has 5 rings (SSSR count). The van der Waals surface area contributed by atoms with Crippen LogP contribution in [0.5, 0.6) is 11.5 Å². The highest BCUT2D eigenvalue weighted by Gasteiger charge is 2.51. The van der Waals surface area contributed by atoms with Crippen LogP contribution in [-0.4, -0.2) is 93.2 Å². The number of Topliss-reactive ketones (excluding diaryl/α,β-unsaturated/α-hetero) is 1. The molecule has 0 saturated carbocycles. The number of amides is 4. The van der Waals surface area contributed by atoms with Crippen LogP contribution in [0.2, 0.25) is 5.04 Å². The monoisotopic (exact) mass is 840 g/mol. The highest BCUT2D eigenvalue weighted by molar-refractivity contribution is 6.99. The van der Waals surface area contributed by atoms with Crippen molar-refractivity contribution < 1.29 is 37.9 Å². The number of fused-ring (bicyclic) bond motifs is 1. The lowest BCUT2D eigenvalue weighted by Gasteiger charge is -2.44. The van der Waals surface area contributed by atoms with Crippen LogP contribution < -0.4 is 35.8 Å². The van der Waals surface area contributed by atoms with Gasteiger partial charge in [0.05, 0.1) is 14.2 Å². The van der Waals surface area contributed by atoms with Gasteiger partial charge in [-0.25, -0.2) is 0 Å². The van der Waals surface area contributed by atoms with Crippen molar-refractivity contribution in [1.82, 2.24) is 20.9 Å². The number of nitrogens with one attached hydrogen (secondary N) is 3. The fourth-order valence-electron chi connectivity index (χ4n) is 8.52. The molecule has 3 N–H and O–H groups in total. The number of carbonyl (C=O) groups excluding carboxylic acids is 5. The molecule has 2 aliphatic rings. The first-order valence-corrected chi connectivity index (χ1v) is 23.3. The van der Waals surface area contributed by atoms with Crippen LogP contribution in [-0.2, 0) is 34.8 Å². The van der Waals surface area contributed by atoms with Gasteiger partial charge in [0, 0.05) is 19.4 Å². The van der Waals surface area contributed by atoms with Gasteiger partial charge in [-0.3, -0.25) is 24.0 Å². The van der Waals surface area contributed by atoms with Gasteiger partial charge in [-0.15, -0.1) is 0 Å². The number of methoxy groups -OCH3 is 2. The van der Waals surface area contributed by atoms with Crippen molar-refractivity contribution in [3.05, 3.63) is 84.4 Å². The SMILES string of the molecule is CC[C@]1(C)NC(=O)[C@H](CCCCCC(=O)[C@H](C)O[Si](c2ccccc2)(c2ccccc2)C(C)(C)C)NC(=O)[C@H]2CCCN2C(=O)[C@H](Cc2ccc(OC)c(OC)c2)NC1=O. The zero-order chi connectivity index (χ0) is 43.7. The minimum atomic E-state index is -2.92. The molecule has 5 atom stereocenters. The number of benzene rings is 3. The smallest absolute Gasteiger partial charge is 0.262 e. The van der Waals surface area contributed by atoms with Gasteiger partial charge in [-0.05, 0) is 79.1 Å². The lowest BCUT2D eigenvalue weighted by atomic mass is 9.94. The normalized spacial score (nSPS) is 22.1. The highest BCUT2D eigenvalue weighted by atomic mass is 28.4. The van der Waals surface area contributed by atoms with Gasteiger partial charge in [0.2, 0.25) is 23.6 Å². The quantitative estimate of drug-likeness (QED) is 0.135. The molecule has 0 aromatic heterocycles. The molecule has 0 unspecified atom stereocenters. The Bertz CT molecular complexity index is 1930. The Labute approximate surface area is 356 Å². The highest BCUT2D eigenvalue weighted by Crippen LogP contribution is 2.38. The van der Waals surface area contributed by atoms with E-state index in [1.54, 1.807) is 32.0 Å². The first-order chi connectivity index (χ1) is 28.6. The summed E-state index contributed by atoms with van der Waals surface area (Å²) in [5, 5.41) is 10.7. The lowest BCUT2D eigenvalue weighted by Crippen LogP contribution is -2.68. The standard InChI is InChI=1S/C47H64N4O8Si/c1-9-47(6)45(56)49-37(30-33-27-28-40(57-7)41(31-33)58-8)44(55)51-29-19-25-38(51)43(54)48-36(42(53)50-47)24-17-12-18-26-39(52)32(2)59-60(46(3,4)5,34-20-13-10-14-21-34)35-22-15-11-16-23-35/h10-11,13-16,20-23,27-28,31-32,36-38H,9,12,17-19,24-26,29-30H2,1-8H3,(H,48,54)(H,49,56)(H,50,53)/t32-,36-,37-,38+,47-/m0/s1. The van der Waals surface area contributed by atoms with Crippen LogP contribution >= 0.6 is 0 Å². The van der Waals surface area contributed by atoms with Gasteiger partial charge in [0.25, 0.3) is 8.32 Å². The summed E-state index contributed by atoms with van der Waals surface area (Å²) >= 11 is 0. The maximum absolute atomic E-state index is 14.2. The molecule has 4 amide bonds. The average Bonchev–Trinajstić information content (AvgIpc) is 3.74. The summed E-state index contributed by atoms with van der Waals surface area (Å²) < 4.78 is 17.9. The van der Waals surface area contributed by atoms with Gasteiger partial charge in [-0.1, -0.05) is 107 Å². The number of nitrogens with zero attached hydrogens (tertiary/aromatic N) is 1. The molecular weight excluding hydrogens is 777 g/mol. The van der Waals surface area contributed by atoms with Crippen LogP contribution in [0, 0.1) is 0 Å². The van der Waals surface area contributed by atoms with E-state index in [9.17, 15) is 24.0 Å². The third-order valence-corrected chi connectivity index (χ3v) is 17.3. The minimum absolute atomic E-state index is 0.0141. The van der Waals surface area contributed by atoms with Crippen LogP contribution in [0.25, 0.3) is 0 Å². The number of ketones is 1. The second-order valence-corrected chi connectivity index (χ2v) is 21.6. The Kier molecular flexibility index (Phi) is 15.4. The number of hydrogen-bond acceptors (Lipinski definition) is 8. The van der Waals surface area contributed by atoms with E-state index in [4.69, 9.17) is 13.9 Å². The molecule has 0 spiro atoms. The Morgan fingerprint density at radius 3 is 2.07 bits per heavy atom. The maximum atomic E-state index is 14.2. The van der Waals surface area contributed by atoms with E-state index in [-0.39, 0.29) is 29.6 Å². The first-order valence-electron chi connectivity index (χ1n) is 21.3. The zero-order valence-electron chi connectivity index (χ0n) is 36.6. The third kappa shape index (κ3) is 10.3. The summed E-state index contributed by atoms with van der Waals surface area (Å²) in [6.45, 7) is 12.2. The molecule has 60 heavy (non-hydrogen) atoms. The molecule has 0 aliphatic carbocycles. The number of ether oxygens (including phenoxy) is 2. The summed E-state index contributed by atoms with van der Waals surface area (Å²) in [5.74, 6) is -0.706. The van der Waals surface area contributed by atoms with Crippen LogP contribution in [0.4, 0.5) is 0 Å². The molecule has 3 aromatic rings. The lowest BCUT2D eigenvalue weighted by molar-refractivity contribution is -0.144. The summed E-state index contributed by atoms with van der Waals surface area (Å²) in [5.41, 5.74) is -0.642. The Balaban J connectivity index is 1.26. The largest absolute Gasteiger partial charge is 0.493 e.